The van der Waals surface area contributed by atoms with Crippen LogP contribution in [0.5, 0.6) is 0 Å². The molecule has 0 aromatic carbocycles. The summed E-state index contributed by atoms with van der Waals surface area (Å²) in [5, 5.41) is 9.73. The molecule has 0 saturated heterocycles. The molecule has 0 fully saturated rings. The summed E-state index contributed by atoms with van der Waals surface area (Å²) < 4.78 is 0. The Morgan fingerprint density at radius 2 is 2.16 bits per heavy atom. The van der Waals surface area contributed by atoms with E-state index in [0.717, 1.165) is 25.0 Å². The normalized spacial score (nSPS) is 12.4. The molecule has 0 radical (unpaired) electrons. The molecule has 1 atom stereocenters. The van der Waals surface area contributed by atoms with Crippen LogP contribution in [0.2, 0.25) is 0 Å². The van der Waals surface area contributed by atoms with Crippen molar-refractivity contribution in [1.29, 1.82) is 0 Å². The Morgan fingerprint density at radius 1 is 1.42 bits per heavy atom. The van der Waals surface area contributed by atoms with Crippen molar-refractivity contribution in [2.24, 2.45) is 5.92 Å². The van der Waals surface area contributed by atoms with E-state index in [4.69, 9.17) is 5.73 Å². The maximum Gasteiger partial charge on any atom is 0.273 e. The van der Waals surface area contributed by atoms with Gasteiger partial charge in [0, 0.05) is 6.54 Å². The zero-order valence-electron chi connectivity index (χ0n) is 12.3. The number of amides is 1. The summed E-state index contributed by atoms with van der Waals surface area (Å²) in [6.45, 7) is 7.01. The smallest absolute Gasteiger partial charge is 0.273 e. The highest BCUT2D eigenvalue weighted by atomic mass is 16.1. The zero-order chi connectivity index (χ0) is 14.3. The number of aromatic nitrogens is 2. The van der Waals surface area contributed by atoms with E-state index in [1.165, 1.54) is 12.8 Å². The standard InChI is InChI=1S/C14H26N4O/c1-4-7-8-10(5-2)9-16-14(19)13-12(15)11(6-3)17-18-13/h10H,4-9,15H2,1-3H3,(H,16,19)(H,17,18). The largest absolute Gasteiger partial charge is 0.395 e. The molecule has 108 valence electrons. The molecule has 1 aromatic heterocycles. The van der Waals surface area contributed by atoms with Crippen LogP contribution in [0, 0.1) is 5.92 Å². The fourth-order valence-electron chi connectivity index (χ4n) is 2.09. The van der Waals surface area contributed by atoms with Crippen molar-refractivity contribution in [3.05, 3.63) is 11.4 Å². The van der Waals surface area contributed by atoms with E-state index in [2.05, 4.69) is 29.4 Å². The number of H-pyrrole nitrogens is 1. The number of unbranched alkanes of at least 4 members (excludes halogenated alkanes) is 1. The first-order valence-corrected chi connectivity index (χ1v) is 7.24. The fraction of sp³-hybridized carbons (Fsp3) is 0.714. The Kier molecular flexibility index (Phi) is 6.39. The molecule has 1 amide bonds. The molecule has 0 aliphatic rings. The van der Waals surface area contributed by atoms with Gasteiger partial charge in [-0.05, 0) is 18.8 Å². The van der Waals surface area contributed by atoms with Crippen LogP contribution in [0.25, 0.3) is 0 Å². The predicted molar refractivity (Wildman–Crippen MR) is 78.0 cm³/mol. The van der Waals surface area contributed by atoms with E-state index in [1.807, 2.05) is 6.92 Å². The number of rotatable bonds is 8. The highest BCUT2D eigenvalue weighted by Crippen LogP contribution is 2.15. The number of nitrogens with one attached hydrogen (secondary N) is 2. The van der Waals surface area contributed by atoms with E-state index >= 15 is 0 Å². The molecule has 1 heterocycles. The Hall–Kier alpha value is -1.52. The van der Waals surface area contributed by atoms with Crippen LogP contribution >= 0.6 is 0 Å². The second-order valence-electron chi connectivity index (χ2n) is 4.94. The van der Waals surface area contributed by atoms with Crippen LogP contribution in [-0.4, -0.2) is 22.6 Å². The summed E-state index contributed by atoms with van der Waals surface area (Å²) in [5.74, 6) is 0.359. The van der Waals surface area contributed by atoms with Crippen molar-refractivity contribution in [3.63, 3.8) is 0 Å². The number of aryl methyl sites for hydroxylation is 1. The van der Waals surface area contributed by atoms with E-state index in [9.17, 15) is 4.79 Å². The van der Waals surface area contributed by atoms with Gasteiger partial charge in [-0.15, -0.1) is 0 Å². The summed E-state index contributed by atoms with van der Waals surface area (Å²) in [4.78, 5) is 12.0. The van der Waals surface area contributed by atoms with Crippen molar-refractivity contribution < 1.29 is 4.79 Å². The number of nitrogen functional groups attached to an aromatic ring is 1. The number of hydrogen-bond donors (Lipinski definition) is 3. The monoisotopic (exact) mass is 266 g/mol. The number of nitrogens with two attached hydrogens (primary N) is 1. The van der Waals surface area contributed by atoms with Crippen molar-refractivity contribution in [2.75, 3.05) is 12.3 Å². The minimum Gasteiger partial charge on any atom is -0.395 e. The maximum atomic E-state index is 12.0. The molecular formula is C14H26N4O. The first kappa shape index (κ1) is 15.5. The molecule has 1 rings (SSSR count). The average Bonchev–Trinajstić information content (AvgIpc) is 2.79. The zero-order valence-corrected chi connectivity index (χ0v) is 12.3. The number of aromatic amines is 1. The number of nitrogens with zero attached hydrogens (tertiary/aromatic N) is 1. The molecule has 1 unspecified atom stereocenters. The molecule has 0 aliphatic carbocycles. The van der Waals surface area contributed by atoms with Gasteiger partial charge in [-0.25, -0.2) is 0 Å². The lowest BCUT2D eigenvalue weighted by Gasteiger charge is -2.14. The number of hydrogen-bond acceptors (Lipinski definition) is 3. The highest BCUT2D eigenvalue weighted by Gasteiger charge is 2.17. The van der Waals surface area contributed by atoms with Crippen LogP contribution in [0.4, 0.5) is 5.69 Å². The van der Waals surface area contributed by atoms with Gasteiger partial charge in [0.15, 0.2) is 5.69 Å². The molecule has 5 heteroatoms. The van der Waals surface area contributed by atoms with Crippen molar-refractivity contribution in [1.82, 2.24) is 15.5 Å². The Bertz CT molecular complexity index is 400. The predicted octanol–water partition coefficient (Wildman–Crippen LogP) is 2.50. The molecule has 1 aromatic rings. The highest BCUT2D eigenvalue weighted by molar-refractivity contribution is 5.97. The molecule has 4 N–H and O–H groups in total. The van der Waals surface area contributed by atoms with Gasteiger partial charge >= 0.3 is 0 Å². The molecule has 19 heavy (non-hydrogen) atoms. The van der Waals surface area contributed by atoms with Gasteiger partial charge in [-0.1, -0.05) is 40.0 Å². The lowest BCUT2D eigenvalue weighted by Crippen LogP contribution is -2.30. The van der Waals surface area contributed by atoms with Crippen LogP contribution in [0.15, 0.2) is 0 Å². The number of carbonyl (C=O) groups excluding carboxylic acids is 1. The van der Waals surface area contributed by atoms with E-state index in [-0.39, 0.29) is 5.91 Å². The average molecular weight is 266 g/mol. The first-order valence-electron chi connectivity index (χ1n) is 7.24. The summed E-state index contributed by atoms with van der Waals surface area (Å²) in [6, 6.07) is 0. The lowest BCUT2D eigenvalue weighted by molar-refractivity contribution is 0.0941. The molecule has 0 saturated carbocycles. The Labute approximate surface area is 115 Å². The quantitative estimate of drug-likeness (QED) is 0.676. The van der Waals surface area contributed by atoms with Crippen LogP contribution in [0.1, 0.15) is 62.6 Å². The van der Waals surface area contributed by atoms with Gasteiger partial charge < -0.3 is 11.1 Å². The van der Waals surface area contributed by atoms with Crippen LogP contribution in [-0.2, 0) is 6.42 Å². The minimum absolute atomic E-state index is 0.177. The van der Waals surface area contributed by atoms with Gasteiger partial charge in [-0.2, -0.15) is 5.10 Å². The van der Waals surface area contributed by atoms with Crippen LogP contribution < -0.4 is 11.1 Å². The molecule has 0 aliphatic heterocycles. The topological polar surface area (TPSA) is 83.8 Å². The molecule has 0 bridgehead atoms. The first-order chi connectivity index (χ1) is 9.13. The fourth-order valence-corrected chi connectivity index (χ4v) is 2.09. The van der Waals surface area contributed by atoms with Crippen molar-refractivity contribution in [3.8, 4) is 0 Å². The van der Waals surface area contributed by atoms with Gasteiger partial charge in [-0.3, -0.25) is 9.89 Å². The molecule has 5 nitrogen and oxygen atoms in total. The van der Waals surface area contributed by atoms with Crippen LogP contribution in [0.3, 0.4) is 0 Å². The molecule has 0 spiro atoms. The maximum absolute atomic E-state index is 12.0. The Balaban J connectivity index is 2.52. The minimum atomic E-state index is -0.177. The summed E-state index contributed by atoms with van der Waals surface area (Å²) >= 11 is 0. The van der Waals surface area contributed by atoms with Gasteiger partial charge in [0.05, 0.1) is 11.4 Å². The van der Waals surface area contributed by atoms with Gasteiger partial charge in [0.25, 0.3) is 5.91 Å². The van der Waals surface area contributed by atoms with Gasteiger partial charge in [0.1, 0.15) is 0 Å². The van der Waals surface area contributed by atoms with Gasteiger partial charge in [0.2, 0.25) is 0 Å². The van der Waals surface area contributed by atoms with Crippen molar-refractivity contribution in [2.45, 2.75) is 52.9 Å². The Morgan fingerprint density at radius 3 is 2.68 bits per heavy atom. The molecular weight excluding hydrogens is 240 g/mol. The third-order valence-corrected chi connectivity index (χ3v) is 3.55. The summed E-state index contributed by atoms with van der Waals surface area (Å²) in [6.07, 6.45) is 5.38. The summed E-state index contributed by atoms with van der Waals surface area (Å²) in [5.41, 5.74) is 7.50. The van der Waals surface area contributed by atoms with E-state index in [1.54, 1.807) is 0 Å². The summed E-state index contributed by atoms with van der Waals surface area (Å²) in [7, 11) is 0. The third-order valence-electron chi connectivity index (χ3n) is 3.55. The lowest BCUT2D eigenvalue weighted by atomic mass is 9.99. The van der Waals surface area contributed by atoms with E-state index < -0.39 is 0 Å². The third kappa shape index (κ3) is 4.26. The number of carbonyl (C=O) groups is 1. The van der Waals surface area contributed by atoms with Crippen molar-refractivity contribution >= 4 is 11.6 Å². The second-order valence-corrected chi connectivity index (χ2v) is 4.94. The van der Waals surface area contributed by atoms with E-state index in [0.29, 0.717) is 23.8 Å². The number of anilines is 1. The second kappa shape index (κ2) is 7.81. The SMILES string of the molecule is CCCCC(CC)CNC(=O)c1n[nH]c(CC)c1N.